The summed E-state index contributed by atoms with van der Waals surface area (Å²) in [5.41, 5.74) is 0.606. The Hall–Kier alpha value is -1.34. The summed E-state index contributed by atoms with van der Waals surface area (Å²) in [6.45, 7) is 6.60. The molecule has 2 aromatic rings. The van der Waals surface area contributed by atoms with Gasteiger partial charge in [-0.1, -0.05) is 54.4 Å². The number of aromatic nitrogens is 2. The summed E-state index contributed by atoms with van der Waals surface area (Å²) >= 11 is 4.79. The van der Waals surface area contributed by atoms with E-state index in [0.29, 0.717) is 34.6 Å². The van der Waals surface area contributed by atoms with Crippen LogP contribution >= 0.6 is 27.7 Å². The smallest absolute Gasteiger partial charge is 0.262 e. The summed E-state index contributed by atoms with van der Waals surface area (Å²) in [6.07, 6.45) is 4.49. The number of benzene rings is 1. The Kier molecular flexibility index (Phi) is 6.63. The Morgan fingerprint density at radius 1 is 1.33 bits per heavy atom. The Morgan fingerprint density at radius 3 is 2.70 bits per heavy atom. The van der Waals surface area contributed by atoms with Gasteiger partial charge in [0.05, 0.1) is 16.2 Å². The Bertz CT molecular complexity index is 891. The lowest BCUT2D eigenvalue weighted by Crippen LogP contribution is -2.38. The largest absolute Gasteiger partial charge is 0.352 e. The fourth-order valence-electron chi connectivity index (χ4n) is 3.39. The minimum absolute atomic E-state index is 0.0214. The molecular formula is C20H26BrN3O2S. The van der Waals surface area contributed by atoms with Gasteiger partial charge in [-0.3, -0.25) is 14.2 Å². The van der Waals surface area contributed by atoms with Crippen LogP contribution in [-0.2, 0) is 11.3 Å². The van der Waals surface area contributed by atoms with E-state index in [9.17, 15) is 9.59 Å². The number of nitrogens with one attached hydrogen (secondary N) is 1. The molecule has 1 atom stereocenters. The van der Waals surface area contributed by atoms with E-state index in [2.05, 4.69) is 35.1 Å². The third kappa shape index (κ3) is 4.93. The van der Waals surface area contributed by atoms with E-state index in [1.165, 1.54) is 24.6 Å². The first-order valence-electron chi connectivity index (χ1n) is 9.52. The van der Waals surface area contributed by atoms with Gasteiger partial charge in [0.2, 0.25) is 5.91 Å². The number of fused-ring (bicyclic) bond motifs is 1. The highest BCUT2D eigenvalue weighted by Gasteiger charge is 2.23. The van der Waals surface area contributed by atoms with E-state index in [1.54, 1.807) is 4.57 Å². The maximum Gasteiger partial charge on any atom is 0.262 e. The van der Waals surface area contributed by atoms with Crippen molar-refractivity contribution in [3.05, 3.63) is 33.0 Å². The molecule has 0 aliphatic heterocycles. The van der Waals surface area contributed by atoms with Crippen LogP contribution in [0.2, 0.25) is 0 Å². The lowest BCUT2D eigenvalue weighted by Gasteiger charge is -2.19. The number of halogens is 1. The predicted octanol–water partition coefficient (Wildman–Crippen LogP) is 4.35. The molecule has 0 saturated heterocycles. The third-order valence-electron chi connectivity index (χ3n) is 4.78. The molecule has 0 radical (unpaired) electrons. The Morgan fingerprint density at radius 2 is 2.04 bits per heavy atom. The zero-order chi connectivity index (χ0) is 19.6. The molecule has 1 aliphatic carbocycles. The minimum atomic E-state index is -0.302. The van der Waals surface area contributed by atoms with E-state index in [1.807, 2.05) is 25.1 Å². The van der Waals surface area contributed by atoms with Gasteiger partial charge in [0.25, 0.3) is 5.56 Å². The number of hydrogen-bond acceptors (Lipinski definition) is 4. The SMILES string of the molecule is CC(C)Cn1c(SC(C)C(=O)NC2CCCC2)nc2ccc(Br)cc2c1=O. The molecule has 1 saturated carbocycles. The molecule has 1 aromatic heterocycles. The molecular weight excluding hydrogens is 426 g/mol. The van der Waals surface area contributed by atoms with Crippen molar-refractivity contribution < 1.29 is 4.79 Å². The number of amides is 1. The molecule has 7 heteroatoms. The van der Waals surface area contributed by atoms with Crippen molar-refractivity contribution in [2.45, 2.75) is 69.4 Å². The monoisotopic (exact) mass is 451 g/mol. The van der Waals surface area contributed by atoms with Crippen molar-refractivity contribution in [1.29, 1.82) is 0 Å². The summed E-state index contributed by atoms with van der Waals surface area (Å²) in [7, 11) is 0. The molecule has 1 unspecified atom stereocenters. The third-order valence-corrected chi connectivity index (χ3v) is 6.37. The first-order chi connectivity index (χ1) is 12.8. The van der Waals surface area contributed by atoms with Crippen molar-refractivity contribution in [1.82, 2.24) is 14.9 Å². The molecule has 1 fully saturated rings. The number of hydrogen-bond donors (Lipinski definition) is 1. The first kappa shape index (κ1) is 20.4. The molecule has 1 aromatic carbocycles. The quantitative estimate of drug-likeness (QED) is 0.523. The van der Waals surface area contributed by atoms with E-state index in [4.69, 9.17) is 4.98 Å². The van der Waals surface area contributed by atoms with E-state index in [-0.39, 0.29) is 16.7 Å². The second-order valence-corrected chi connectivity index (χ2v) is 9.84. The van der Waals surface area contributed by atoms with Crippen molar-refractivity contribution in [2.75, 3.05) is 0 Å². The zero-order valence-electron chi connectivity index (χ0n) is 16.0. The topological polar surface area (TPSA) is 64.0 Å². The molecule has 1 amide bonds. The average Bonchev–Trinajstić information content (AvgIpc) is 3.11. The lowest BCUT2D eigenvalue weighted by molar-refractivity contribution is -0.120. The van der Waals surface area contributed by atoms with Crippen LogP contribution in [0.5, 0.6) is 0 Å². The summed E-state index contributed by atoms with van der Waals surface area (Å²) in [6, 6.07) is 5.83. The average molecular weight is 452 g/mol. The Balaban J connectivity index is 1.90. The van der Waals surface area contributed by atoms with Crippen molar-refractivity contribution >= 4 is 44.5 Å². The highest BCUT2D eigenvalue weighted by molar-refractivity contribution is 9.10. The van der Waals surface area contributed by atoms with Crippen LogP contribution in [0, 0.1) is 5.92 Å². The van der Waals surface area contributed by atoms with Crippen molar-refractivity contribution in [2.24, 2.45) is 5.92 Å². The van der Waals surface area contributed by atoms with Crippen LogP contribution in [0.25, 0.3) is 10.9 Å². The molecule has 1 heterocycles. The summed E-state index contributed by atoms with van der Waals surface area (Å²) < 4.78 is 2.57. The van der Waals surface area contributed by atoms with Crippen LogP contribution in [0.1, 0.15) is 46.5 Å². The standard InChI is InChI=1S/C20H26BrN3O2S/c1-12(2)11-24-19(26)16-10-14(21)8-9-17(16)23-20(24)27-13(3)18(25)22-15-6-4-5-7-15/h8-10,12-13,15H,4-7,11H2,1-3H3,(H,22,25). The van der Waals surface area contributed by atoms with Gasteiger partial charge in [-0.2, -0.15) is 0 Å². The fourth-order valence-corrected chi connectivity index (χ4v) is 4.68. The fraction of sp³-hybridized carbons (Fsp3) is 0.550. The highest BCUT2D eigenvalue weighted by Crippen LogP contribution is 2.25. The number of thioether (sulfide) groups is 1. The van der Waals surface area contributed by atoms with E-state index >= 15 is 0 Å². The van der Waals surface area contributed by atoms with Gasteiger partial charge >= 0.3 is 0 Å². The van der Waals surface area contributed by atoms with Crippen molar-refractivity contribution in [3.63, 3.8) is 0 Å². The highest BCUT2D eigenvalue weighted by atomic mass is 79.9. The van der Waals surface area contributed by atoms with Gasteiger partial charge in [0.1, 0.15) is 0 Å². The second-order valence-electron chi connectivity index (χ2n) is 7.62. The normalized spacial score (nSPS) is 16.2. The molecule has 1 aliphatic rings. The van der Waals surface area contributed by atoms with Gasteiger partial charge < -0.3 is 5.32 Å². The molecule has 146 valence electrons. The lowest BCUT2D eigenvalue weighted by atomic mass is 10.2. The second kappa shape index (κ2) is 8.78. The van der Waals surface area contributed by atoms with Gasteiger partial charge in [-0.15, -0.1) is 0 Å². The van der Waals surface area contributed by atoms with Gasteiger partial charge in [0, 0.05) is 17.1 Å². The summed E-state index contributed by atoms with van der Waals surface area (Å²) in [5.74, 6) is 0.323. The molecule has 0 spiro atoms. The van der Waals surface area contributed by atoms with Crippen LogP contribution in [-0.4, -0.2) is 26.8 Å². The molecule has 0 bridgehead atoms. The van der Waals surface area contributed by atoms with E-state index in [0.717, 1.165) is 17.3 Å². The summed E-state index contributed by atoms with van der Waals surface area (Å²) in [5, 5.41) is 4.04. The Labute approximate surface area is 172 Å². The van der Waals surface area contributed by atoms with Crippen LogP contribution in [0.4, 0.5) is 0 Å². The molecule has 5 nitrogen and oxygen atoms in total. The van der Waals surface area contributed by atoms with Crippen molar-refractivity contribution in [3.8, 4) is 0 Å². The number of nitrogens with zero attached hydrogens (tertiary/aromatic N) is 2. The predicted molar refractivity (Wildman–Crippen MR) is 114 cm³/mol. The molecule has 1 N–H and O–H groups in total. The number of carbonyl (C=O) groups is 1. The summed E-state index contributed by atoms with van der Waals surface area (Å²) in [4.78, 5) is 30.3. The van der Waals surface area contributed by atoms with Crippen LogP contribution in [0.15, 0.2) is 32.6 Å². The number of carbonyl (C=O) groups excluding carboxylic acids is 1. The maximum absolute atomic E-state index is 13.1. The maximum atomic E-state index is 13.1. The van der Waals surface area contributed by atoms with Gasteiger partial charge in [-0.25, -0.2) is 4.98 Å². The minimum Gasteiger partial charge on any atom is -0.352 e. The molecule has 27 heavy (non-hydrogen) atoms. The van der Waals surface area contributed by atoms with Crippen LogP contribution in [0.3, 0.4) is 0 Å². The van der Waals surface area contributed by atoms with Gasteiger partial charge in [0.15, 0.2) is 5.16 Å². The van der Waals surface area contributed by atoms with Crippen LogP contribution < -0.4 is 10.9 Å². The zero-order valence-corrected chi connectivity index (χ0v) is 18.4. The first-order valence-corrected chi connectivity index (χ1v) is 11.2. The van der Waals surface area contributed by atoms with Gasteiger partial charge in [-0.05, 0) is 43.9 Å². The number of rotatable bonds is 6. The van der Waals surface area contributed by atoms with E-state index < -0.39 is 0 Å². The molecule has 3 rings (SSSR count).